The Labute approximate surface area is 148 Å². The van der Waals surface area contributed by atoms with Crippen molar-refractivity contribution in [1.29, 1.82) is 5.26 Å². The van der Waals surface area contributed by atoms with E-state index in [1.165, 1.54) is 18.3 Å². The van der Waals surface area contributed by atoms with E-state index in [9.17, 15) is 12.8 Å². The van der Waals surface area contributed by atoms with Crippen molar-refractivity contribution >= 4 is 38.9 Å². The SMILES string of the molecule is N#Cc1ccc(NS(=O)(=O)c2c[nH]c3c2CCC(Cl)(Cl)C3)c(F)c1. The van der Waals surface area contributed by atoms with Gasteiger partial charge in [0.15, 0.2) is 0 Å². The van der Waals surface area contributed by atoms with Gasteiger partial charge in [-0.1, -0.05) is 0 Å². The summed E-state index contributed by atoms with van der Waals surface area (Å²) in [6, 6.07) is 5.31. The van der Waals surface area contributed by atoms with Crippen molar-refractivity contribution in [1.82, 2.24) is 4.98 Å². The van der Waals surface area contributed by atoms with Crippen LogP contribution in [0, 0.1) is 17.1 Å². The number of nitrogens with one attached hydrogen (secondary N) is 2. The van der Waals surface area contributed by atoms with Crippen LogP contribution < -0.4 is 4.72 Å². The predicted molar refractivity (Wildman–Crippen MR) is 89.2 cm³/mol. The topological polar surface area (TPSA) is 85.8 Å². The molecule has 1 heterocycles. The lowest BCUT2D eigenvalue weighted by Gasteiger charge is -2.25. The third-order valence-corrected chi connectivity index (χ3v) is 5.92. The molecule has 9 heteroatoms. The van der Waals surface area contributed by atoms with Gasteiger partial charge in [0, 0.05) is 18.3 Å². The number of nitriles is 1. The first-order chi connectivity index (χ1) is 11.2. The Hall–Kier alpha value is -1.75. The molecule has 1 aliphatic carbocycles. The van der Waals surface area contributed by atoms with E-state index >= 15 is 0 Å². The van der Waals surface area contributed by atoms with Gasteiger partial charge in [0.2, 0.25) is 0 Å². The number of nitrogens with zero attached hydrogens (tertiary/aromatic N) is 1. The molecule has 0 atom stereocenters. The van der Waals surface area contributed by atoms with Gasteiger partial charge in [0.05, 0.1) is 17.3 Å². The van der Waals surface area contributed by atoms with Crippen LogP contribution in [0.25, 0.3) is 0 Å². The molecule has 0 radical (unpaired) electrons. The van der Waals surface area contributed by atoms with Gasteiger partial charge in [-0.2, -0.15) is 5.26 Å². The number of sulfonamides is 1. The zero-order chi connectivity index (χ0) is 17.5. The van der Waals surface area contributed by atoms with Crippen molar-refractivity contribution in [3.8, 4) is 6.07 Å². The summed E-state index contributed by atoms with van der Waals surface area (Å²) in [7, 11) is -3.98. The average molecular weight is 388 g/mol. The lowest BCUT2D eigenvalue weighted by molar-refractivity contribution is 0.593. The Bertz CT molecular complexity index is 948. The molecular formula is C15H12Cl2FN3O2S. The highest BCUT2D eigenvalue weighted by Gasteiger charge is 2.34. The second kappa shape index (κ2) is 5.96. The Morgan fingerprint density at radius 3 is 2.79 bits per heavy atom. The molecule has 0 bridgehead atoms. The Balaban J connectivity index is 1.93. The van der Waals surface area contributed by atoms with Crippen LogP contribution in [0.5, 0.6) is 0 Å². The van der Waals surface area contributed by atoms with Crippen molar-refractivity contribution in [2.45, 2.75) is 28.5 Å². The molecule has 126 valence electrons. The van der Waals surface area contributed by atoms with Gasteiger partial charge >= 0.3 is 0 Å². The molecule has 0 aliphatic heterocycles. The minimum Gasteiger partial charge on any atom is -0.363 e. The molecule has 2 N–H and O–H groups in total. The summed E-state index contributed by atoms with van der Waals surface area (Å²) in [5.74, 6) is -0.817. The number of aromatic amines is 1. The van der Waals surface area contributed by atoms with Crippen LogP contribution in [0.2, 0.25) is 0 Å². The fraction of sp³-hybridized carbons (Fsp3) is 0.267. The third-order valence-electron chi connectivity index (χ3n) is 3.85. The molecule has 0 amide bonds. The van der Waals surface area contributed by atoms with E-state index in [2.05, 4.69) is 9.71 Å². The molecule has 2 aromatic rings. The first-order valence-electron chi connectivity index (χ1n) is 7.01. The Morgan fingerprint density at radius 2 is 2.12 bits per heavy atom. The molecule has 1 aliphatic rings. The van der Waals surface area contributed by atoms with Crippen LogP contribution in [0.15, 0.2) is 29.3 Å². The molecular weight excluding hydrogens is 376 g/mol. The number of H-pyrrole nitrogens is 1. The smallest absolute Gasteiger partial charge is 0.263 e. The van der Waals surface area contributed by atoms with Gasteiger partial charge in [-0.05, 0) is 36.6 Å². The summed E-state index contributed by atoms with van der Waals surface area (Å²) >= 11 is 12.2. The second-order valence-electron chi connectivity index (χ2n) is 5.55. The van der Waals surface area contributed by atoms with E-state index in [1.807, 2.05) is 0 Å². The van der Waals surface area contributed by atoms with Gasteiger partial charge in [-0.15, -0.1) is 23.2 Å². The second-order valence-corrected chi connectivity index (χ2v) is 8.85. The first kappa shape index (κ1) is 17.1. The highest BCUT2D eigenvalue weighted by molar-refractivity contribution is 7.92. The number of rotatable bonds is 3. The number of aromatic nitrogens is 1. The van der Waals surface area contributed by atoms with Gasteiger partial charge in [-0.3, -0.25) is 4.72 Å². The molecule has 24 heavy (non-hydrogen) atoms. The number of fused-ring (bicyclic) bond motifs is 1. The molecule has 3 rings (SSSR count). The number of benzene rings is 1. The van der Waals surface area contributed by atoms with Gasteiger partial charge in [-0.25, -0.2) is 12.8 Å². The normalized spacial score (nSPS) is 16.2. The first-order valence-corrected chi connectivity index (χ1v) is 9.25. The summed E-state index contributed by atoms with van der Waals surface area (Å²) in [6.45, 7) is 0. The van der Waals surface area contributed by atoms with Crippen molar-refractivity contribution in [3.63, 3.8) is 0 Å². The van der Waals surface area contributed by atoms with Crippen LogP contribution in [-0.4, -0.2) is 17.7 Å². The standard InChI is InChI=1S/C15H12Cl2FN3O2S/c16-15(17)4-3-10-13(6-15)20-8-14(10)24(22,23)21-12-2-1-9(7-19)5-11(12)18/h1-2,5,8,20-21H,3-4,6H2. The zero-order valence-electron chi connectivity index (χ0n) is 12.2. The predicted octanol–water partition coefficient (Wildman–Crippen LogP) is 3.49. The van der Waals surface area contributed by atoms with Crippen molar-refractivity contribution in [2.24, 2.45) is 0 Å². The minimum absolute atomic E-state index is 0.0464. The highest BCUT2D eigenvalue weighted by atomic mass is 35.5. The third kappa shape index (κ3) is 3.22. The van der Waals surface area contributed by atoms with E-state index in [0.29, 0.717) is 30.5 Å². The Kier molecular flexibility index (Phi) is 4.24. The van der Waals surface area contributed by atoms with Crippen LogP contribution in [0.4, 0.5) is 10.1 Å². The number of halogens is 3. The van der Waals surface area contributed by atoms with Crippen LogP contribution in [-0.2, 0) is 22.9 Å². The molecule has 0 fully saturated rings. The fourth-order valence-electron chi connectivity index (χ4n) is 2.67. The van der Waals surface area contributed by atoms with Crippen LogP contribution >= 0.6 is 23.2 Å². The minimum atomic E-state index is -3.98. The van der Waals surface area contributed by atoms with Crippen molar-refractivity contribution in [2.75, 3.05) is 4.72 Å². The maximum atomic E-state index is 13.9. The maximum absolute atomic E-state index is 13.9. The summed E-state index contributed by atoms with van der Waals surface area (Å²) in [6.07, 6.45) is 2.49. The highest BCUT2D eigenvalue weighted by Crippen LogP contribution is 2.39. The number of hydrogen-bond donors (Lipinski definition) is 2. The molecule has 0 saturated carbocycles. The van der Waals surface area contributed by atoms with Gasteiger partial charge in [0.25, 0.3) is 10.0 Å². The number of hydrogen-bond acceptors (Lipinski definition) is 3. The lowest BCUT2D eigenvalue weighted by atomic mass is 9.97. The molecule has 1 aromatic carbocycles. The molecule has 0 unspecified atom stereocenters. The quantitative estimate of drug-likeness (QED) is 0.790. The molecule has 5 nitrogen and oxygen atoms in total. The Morgan fingerprint density at radius 1 is 1.38 bits per heavy atom. The fourth-order valence-corrected chi connectivity index (χ4v) is 4.45. The van der Waals surface area contributed by atoms with Crippen molar-refractivity contribution in [3.05, 3.63) is 47.0 Å². The number of alkyl halides is 2. The van der Waals surface area contributed by atoms with Crippen molar-refractivity contribution < 1.29 is 12.8 Å². The van der Waals surface area contributed by atoms with Crippen LogP contribution in [0.3, 0.4) is 0 Å². The molecule has 0 spiro atoms. The van der Waals surface area contributed by atoms with E-state index in [-0.39, 0.29) is 16.1 Å². The van der Waals surface area contributed by atoms with E-state index < -0.39 is 20.2 Å². The van der Waals surface area contributed by atoms with Gasteiger partial charge in [0.1, 0.15) is 15.0 Å². The largest absolute Gasteiger partial charge is 0.363 e. The molecule has 1 aromatic heterocycles. The number of anilines is 1. The summed E-state index contributed by atoms with van der Waals surface area (Å²) in [5.41, 5.74) is 1.15. The van der Waals surface area contributed by atoms with E-state index in [1.54, 1.807) is 6.07 Å². The summed E-state index contributed by atoms with van der Waals surface area (Å²) in [5, 5.41) is 8.73. The average Bonchev–Trinajstić information content (AvgIpc) is 2.91. The maximum Gasteiger partial charge on any atom is 0.263 e. The van der Waals surface area contributed by atoms with E-state index in [0.717, 1.165) is 6.07 Å². The zero-order valence-corrected chi connectivity index (χ0v) is 14.6. The van der Waals surface area contributed by atoms with E-state index in [4.69, 9.17) is 28.5 Å². The lowest BCUT2D eigenvalue weighted by Crippen LogP contribution is -2.24. The van der Waals surface area contributed by atoms with Gasteiger partial charge < -0.3 is 4.98 Å². The van der Waals surface area contributed by atoms with Crippen LogP contribution in [0.1, 0.15) is 23.2 Å². The summed E-state index contributed by atoms with van der Waals surface area (Å²) in [4.78, 5) is 2.93. The monoisotopic (exact) mass is 387 g/mol. The summed E-state index contributed by atoms with van der Waals surface area (Å²) < 4.78 is 40.4. The molecule has 0 saturated heterocycles.